The van der Waals surface area contributed by atoms with E-state index < -0.39 is 5.41 Å². The Bertz CT molecular complexity index is 1800. The number of hydroxylamine groups is 2. The molecule has 1 unspecified atom stereocenters. The van der Waals surface area contributed by atoms with Crippen molar-refractivity contribution in [3.8, 4) is 16.9 Å². The van der Waals surface area contributed by atoms with Gasteiger partial charge in [-0.1, -0.05) is 80.9 Å². The van der Waals surface area contributed by atoms with Crippen molar-refractivity contribution in [1.82, 2.24) is 14.6 Å². The number of thioether (sulfide) groups is 1. The summed E-state index contributed by atoms with van der Waals surface area (Å²) in [6.07, 6.45) is 3.24. The SMILES string of the molecule is CC1Cc2c(OCc3ccc(-c4ccccc4)cn3)ccc3c2c(c(CC(C)(C)C(=O)N(C)O)n3Cc2ccc(Cl)cc2)S1. The van der Waals surface area contributed by atoms with Crippen molar-refractivity contribution in [2.45, 2.75) is 56.9 Å². The van der Waals surface area contributed by atoms with E-state index >= 15 is 0 Å². The number of hydrogen-bond donors (Lipinski definition) is 1. The van der Waals surface area contributed by atoms with Gasteiger partial charge < -0.3 is 9.30 Å². The molecule has 1 aliphatic heterocycles. The molecular formula is C36H36ClN3O3S. The number of pyridine rings is 1. The van der Waals surface area contributed by atoms with E-state index in [1.54, 1.807) is 0 Å². The summed E-state index contributed by atoms with van der Waals surface area (Å²) in [4.78, 5) is 18.9. The maximum Gasteiger partial charge on any atom is 0.251 e. The third-order valence-electron chi connectivity index (χ3n) is 8.21. The van der Waals surface area contributed by atoms with Gasteiger partial charge in [0.1, 0.15) is 12.4 Å². The smallest absolute Gasteiger partial charge is 0.251 e. The zero-order chi connectivity index (χ0) is 31.0. The molecule has 5 aromatic rings. The second kappa shape index (κ2) is 12.3. The van der Waals surface area contributed by atoms with E-state index in [2.05, 4.69) is 46.8 Å². The van der Waals surface area contributed by atoms with E-state index in [1.165, 1.54) is 22.9 Å². The number of carbonyl (C=O) groups is 1. The highest BCUT2D eigenvalue weighted by molar-refractivity contribution is 8.00. The first-order chi connectivity index (χ1) is 21.1. The highest BCUT2D eigenvalue weighted by Crippen LogP contribution is 2.48. The molecule has 0 spiro atoms. The number of hydrogen-bond acceptors (Lipinski definition) is 5. The molecule has 1 aliphatic rings. The zero-order valence-electron chi connectivity index (χ0n) is 25.4. The van der Waals surface area contributed by atoms with E-state index in [4.69, 9.17) is 16.3 Å². The quantitative estimate of drug-likeness (QED) is 0.132. The molecule has 1 amide bonds. The third-order valence-corrected chi connectivity index (χ3v) is 9.70. The van der Waals surface area contributed by atoms with Gasteiger partial charge in [-0.3, -0.25) is 15.0 Å². The Morgan fingerprint density at radius 1 is 1.07 bits per heavy atom. The molecular weight excluding hydrogens is 590 g/mol. The monoisotopic (exact) mass is 625 g/mol. The number of aromatic nitrogens is 2. The van der Waals surface area contributed by atoms with Crippen LogP contribution < -0.4 is 4.74 Å². The van der Waals surface area contributed by atoms with Crippen LogP contribution in [0, 0.1) is 5.41 Å². The molecule has 6 nitrogen and oxygen atoms in total. The lowest BCUT2D eigenvalue weighted by atomic mass is 9.86. The molecule has 0 fully saturated rings. The van der Waals surface area contributed by atoms with Crippen LogP contribution in [0.15, 0.2) is 90.0 Å². The number of ether oxygens (including phenoxy) is 1. The standard InChI is InChI=1S/C36H36ClN3O3S/c1-23-18-29-32(43-22-28-15-12-26(20-38-28)25-8-6-5-7-9-25)17-16-30-33(29)34(44-23)31(19-36(2,3)35(41)39(4)42)40(30)21-24-10-13-27(37)14-11-24/h5-17,20,23,42H,18-19,21-22H2,1-4H3. The molecule has 3 aromatic carbocycles. The second-order valence-corrected chi connectivity index (χ2v) is 14.0. The lowest BCUT2D eigenvalue weighted by molar-refractivity contribution is -0.169. The topological polar surface area (TPSA) is 67.6 Å². The third kappa shape index (κ3) is 6.09. The predicted molar refractivity (Wildman–Crippen MR) is 178 cm³/mol. The Hall–Kier alpha value is -3.78. The first-order valence-corrected chi connectivity index (χ1v) is 16.0. The lowest BCUT2D eigenvalue weighted by Crippen LogP contribution is -2.38. The van der Waals surface area contributed by atoms with E-state index in [-0.39, 0.29) is 5.91 Å². The second-order valence-electron chi connectivity index (χ2n) is 12.1. The number of carbonyl (C=O) groups excluding carboxylic acids is 1. The number of amides is 1. The number of halogens is 1. The van der Waals surface area contributed by atoms with Crippen LogP contribution in [-0.2, 0) is 30.8 Å². The Kier molecular flexibility index (Phi) is 8.46. The molecule has 2 aromatic heterocycles. The number of rotatable bonds is 9. The highest BCUT2D eigenvalue weighted by Gasteiger charge is 2.36. The highest BCUT2D eigenvalue weighted by atomic mass is 35.5. The summed E-state index contributed by atoms with van der Waals surface area (Å²) in [7, 11) is 1.39. The van der Waals surface area contributed by atoms with Gasteiger partial charge in [-0.2, -0.15) is 0 Å². The van der Waals surface area contributed by atoms with E-state index in [9.17, 15) is 10.0 Å². The van der Waals surface area contributed by atoms with Gasteiger partial charge in [-0.05, 0) is 47.9 Å². The van der Waals surface area contributed by atoms with Crippen LogP contribution >= 0.6 is 23.4 Å². The first kappa shape index (κ1) is 30.3. The van der Waals surface area contributed by atoms with Crippen LogP contribution in [0.25, 0.3) is 22.0 Å². The molecule has 8 heteroatoms. The maximum absolute atomic E-state index is 13.0. The average Bonchev–Trinajstić information content (AvgIpc) is 3.29. The minimum absolute atomic E-state index is 0.322. The average molecular weight is 626 g/mol. The summed E-state index contributed by atoms with van der Waals surface area (Å²) in [6.45, 7) is 7.02. The number of nitrogens with zero attached hydrogens (tertiary/aromatic N) is 3. The molecule has 226 valence electrons. The van der Waals surface area contributed by atoms with Gasteiger partial charge in [0.25, 0.3) is 5.91 Å². The summed E-state index contributed by atoms with van der Waals surface area (Å²) >= 11 is 8.05. The van der Waals surface area contributed by atoms with Crippen LogP contribution in [0.2, 0.25) is 5.02 Å². The Balaban J connectivity index is 1.38. The molecule has 0 radical (unpaired) electrons. The van der Waals surface area contributed by atoms with Gasteiger partial charge in [0.2, 0.25) is 0 Å². The lowest BCUT2D eigenvalue weighted by Gasteiger charge is -2.28. The van der Waals surface area contributed by atoms with Crippen molar-refractivity contribution < 1.29 is 14.7 Å². The van der Waals surface area contributed by atoms with Crippen molar-refractivity contribution in [3.05, 3.63) is 113 Å². The summed E-state index contributed by atoms with van der Waals surface area (Å²) in [5, 5.41) is 12.9. The van der Waals surface area contributed by atoms with Gasteiger partial charge in [-0.25, -0.2) is 5.06 Å². The van der Waals surface area contributed by atoms with E-state index in [1.807, 2.05) is 80.3 Å². The molecule has 6 rings (SSSR count). The fourth-order valence-corrected chi connectivity index (χ4v) is 7.47. The van der Waals surface area contributed by atoms with Crippen LogP contribution in [0.1, 0.15) is 43.3 Å². The minimum Gasteiger partial charge on any atom is -0.487 e. The normalized spacial score (nSPS) is 14.5. The van der Waals surface area contributed by atoms with Crippen LogP contribution in [0.4, 0.5) is 0 Å². The fourth-order valence-electron chi connectivity index (χ4n) is 6.03. The maximum atomic E-state index is 13.0. The molecule has 1 N–H and O–H groups in total. The molecule has 0 bridgehead atoms. The minimum atomic E-state index is -0.815. The molecule has 0 saturated carbocycles. The van der Waals surface area contributed by atoms with Gasteiger partial charge in [0.05, 0.1) is 16.6 Å². The van der Waals surface area contributed by atoms with Crippen molar-refractivity contribution in [3.63, 3.8) is 0 Å². The van der Waals surface area contributed by atoms with Crippen molar-refractivity contribution in [2.75, 3.05) is 7.05 Å². The van der Waals surface area contributed by atoms with Crippen molar-refractivity contribution in [2.24, 2.45) is 5.41 Å². The summed E-state index contributed by atoms with van der Waals surface area (Å²) < 4.78 is 8.79. The summed E-state index contributed by atoms with van der Waals surface area (Å²) in [5.41, 5.74) is 6.76. The molecule has 0 aliphatic carbocycles. The first-order valence-electron chi connectivity index (χ1n) is 14.8. The summed E-state index contributed by atoms with van der Waals surface area (Å²) in [5.74, 6) is 0.539. The molecule has 0 saturated heterocycles. The van der Waals surface area contributed by atoms with Gasteiger partial charge >= 0.3 is 0 Å². The van der Waals surface area contributed by atoms with Gasteiger partial charge in [0.15, 0.2) is 0 Å². The Morgan fingerprint density at radius 2 is 1.82 bits per heavy atom. The van der Waals surface area contributed by atoms with Crippen molar-refractivity contribution in [1.29, 1.82) is 0 Å². The number of benzene rings is 3. The van der Waals surface area contributed by atoms with Crippen molar-refractivity contribution >= 4 is 40.2 Å². The van der Waals surface area contributed by atoms with Gasteiger partial charge in [0, 0.05) is 63.6 Å². The van der Waals surface area contributed by atoms with Crippen LogP contribution in [0.5, 0.6) is 5.75 Å². The Morgan fingerprint density at radius 3 is 2.50 bits per heavy atom. The Labute approximate surface area is 267 Å². The van der Waals surface area contributed by atoms with Gasteiger partial charge in [-0.15, -0.1) is 11.8 Å². The van der Waals surface area contributed by atoms with Crippen LogP contribution in [-0.4, -0.2) is 38.0 Å². The van der Waals surface area contributed by atoms with E-state index in [0.29, 0.717) is 34.9 Å². The predicted octanol–water partition coefficient (Wildman–Crippen LogP) is 8.44. The largest absolute Gasteiger partial charge is 0.487 e. The molecule has 3 heterocycles. The summed E-state index contributed by atoms with van der Waals surface area (Å²) in [6, 6.07) is 26.4. The van der Waals surface area contributed by atoms with E-state index in [0.717, 1.165) is 45.8 Å². The molecule has 1 atom stereocenters. The molecule has 44 heavy (non-hydrogen) atoms. The van der Waals surface area contributed by atoms with Crippen LogP contribution in [0.3, 0.4) is 0 Å². The zero-order valence-corrected chi connectivity index (χ0v) is 27.0. The fraction of sp³-hybridized carbons (Fsp3) is 0.278.